The van der Waals surface area contributed by atoms with Gasteiger partial charge in [-0.25, -0.2) is 0 Å². The first-order chi connectivity index (χ1) is 9.52. The number of nitrogens with two attached hydrogens (primary N) is 1. The van der Waals surface area contributed by atoms with Crippen LogP contribution < -0.4 is 10.6 Å². The van der Waals surface area contributed by atoms with E-state index in [1.807, 2.05) is 6.92 Å². The number of rotatable bonds is 4. The molecule has 0 radical (unpaired) electrons. The molecule has 0 spiro atoms. The van der Waals surface area contributed by atoms with Gasteiger partial charge in [-0.15, -0.1) is 0 Å². The van der Waals surface area contributed by atoms with Crippen LogP contribution in [0.5, 0.6) is 0 Å². The lowest BCUT2D eigenvalue weighted by atomic mass is 10.1. The van der Waals surface area contributed by atoms with E-state index in [4.69, 9.17) is 5.73 Å². The normalized spacial score (nSPS) is 12.2. The van der Waals surface area contributed by atoms with Crippen LogP contribution in [0.4, 0.5) is 11.4 Å². The number of benzene rings is 2. The van der Waals surface area contributed by atoms with Gasteiger partial charge in [-0.2, -0.15) is 0 Å². The SMILES string of the molecule is CCN(c1ccc(C)cc1)c1ccc(C(C)N)cc1Br. The average Bonchev–Trinajstić information content (AvgIpc) is 2.43. The Bertz CT molecular complexity index is 576. The molecule has 0 amide bonds. The number of anilines is 2. The van der Waals surface area contributed by atoms with Crippen molar-refractivity contribution < 1.29 is 0 Å². The predicted molar refractivity (Wildman–Crippen MR) is 90.6 cm³/mol. The number of hydrogen-bond acceptors (Lipinski definition) is 2. The summed E-state index contributed by atoms with van der Waals surface area (Å²) >= 11 is 3.67. The van der Waals surface area contributed by atoms with Gasteiger partial charge in [0.25, 0.3) is 0 Å². The Morgan fingerprint density at radius 3 is 2.30 bits per heavy atom. The third-order valence-electron chi connectivity index (χ3n) is 3.45. The summed E-state index contributed by atoms with van der Waals surface area (Å²) in [5.74, 6) is 0. The Kier molecular flexibility index (Phi) is 4.84. The molecule has 2 nitrogen and oxygen atoms in total. The topological polar surface area (TPSA) is 29.3 Å². The maximum absolute atomic E-state index is 5.93. The third-order valence-corrected chi connectivity index (χ3v) is 4.09. The van der Waals surface area contributed by atoms with E-state index in [9.17, 15) is 0 Å². The van der Waals surface area contributed by atoms with Crippen LogP contribution in [0.15, 0.2) is 46.9 Å². The molecular weight excluding hydrogens is 312 g/mol. The lowest BCUT2D eigenvalue weighted by Gasteiger charge is -2.25. The van der Waals surface area contributed by atoms with Gasteiger partial charge in [0, 0.05) is 22.7 Å². The number of aryl methyl sites for hydroxylation is 1. The van der Waals surface area contributed by atoms with E-state index >= 15 is 0 Å². The largest absolute Gasteiger partial charge is 0.341 e. The molecule has 1 unspecified atom stereocenters. The smallest absolute Gasteiger partial charge is 0.0555 e. The fourth-order valence-corrected chi connectivity index (χ4v) is 2.85. The van der Waals surface area contributed by atoms with Gasteiger partial charge >= 0.3 is 0 Å². The van der Waals surface area contributed by atoms with Crippen molar-refractivity contribution in [2.45, 2.75) is 26.8 Å². The molecule has 2 rings (SSSR count). The van der Waals surface area contributed by atoms with E-state index < -0.39 is 0 Å². The van der Waals surface area contributed by atoms with Gasteiger partial charge in [-0.3, -0.25) is 0 Å². The lowest BCUT2D eigenvalue weighted by molar-refractivity contribution is 0.817. The van der Waals surface area contributed by atoms with E-state index in [2.05, 4.69) is 77.1 Å². The molecule has 0 aliphatic carbocycles. The highest BCUT2D eigenvalue weighted by Gasteiger charge is 2.12. The molecule has 2 N–H and O–H groups in total. The molecule has 0 aliphatic heterocycles. The van der Waals surface area contributed by atoms with Gasteiger partial charge in [-0.05, 0) is 66.5 Å². The van der Waals surface area contributed by atoms with Crippen LogP contribution in [0.25, 0.3) is 0 Å². The Hall–Kier alpha value is -1.32. The Labute approximate surface area is 129 Å². The van der Waals surface area contributed by atoms with E-state index in [1.165, 1.54) is 16.9 Å². The van der Waals surface area contributed by atoms with Crippen molar-refractivity contribution in [3.05, 3.63) is 58.1 Å². The maximum atomic E-state index is 5.93. The summed E-state index contributed by atoms with van der Waals surface area (Å²) in [5, 5.41) is 0. The first kappa shape index (κ1) is 15.1. The number of halogens is 1. The highest BCUT2D eigenvalue weighted by Crippen LogP contribution is 2.33. The van der Waals surface area contributed by atoms with Gasteiger partial charge in [-0.1, -0.05) is 23.8 Å². The quantitative estimate of drug-likeness (QED) is 0.859. The molecular formula is C17H21BrN2. The van der Waals surface area contributed by atoms with Crippen LogP contribution in [0, 0.1) is 6.92 Å². The number of hydrogen-bond donors (Lipinski definition) is 1. The highest BCUT2D eigenvalue weighted by atomic mass is 79.9. The van der Waals surface area contributed by atoms with Crippen LogP contribution in [0.2, 0.25) is 0 Å². The predicted octanol–water partition coefficient (Wildman–Crippen LogP) is 4.94. The molecule has 0 saturated carbocycles. The summed E-state index contributed by atoms with van der Waals surface area (Å²) < 4.78 is 1.08. The van der Waals surface area contributed by atoms with Crippen molar-refractivity contribution in [3.63, 3.8) is 0 Å². The molecule has 2 aromatic carbocycles. The molecule has 1 atom stereocenters. The molecule has 0 aromatic heterocycles. The summed E-state index contributed by atoms with van der Waals surface area (Å²) in [6.45, 7) is 7.18. The van der Waals surface area contributed by atoms with Crippen molar-refractivity contribution >= 4 is 27.3 Å². The summed E-state index contributed by atoms with van der Waals surface area (Å²) in [5.41, 5.74) is 10.7. The third kappa shape index (κ3) is 3.22. The van der Waals surface area contributed by atoms with Gasteiger partial charge in [0.1, 0.15) is 0 Å². The van der Waals surface area contributed by atoms with Crippen molar-refractivity contribution in [3.8, 4) is 0 Å². The van der Waals surface area contributed by atoms with Gasteiger partial charge < -0.3 is 10.6 Å². The lowest BCUT2D eigenvalue weighted by Crippen LogP contribution is -2.17. The fourth-order valence-electron chi connectivity index (χ4n) is 2.24. The van der Waals surface area contributed by atoms with Gasteiger partial charge in [0.2, 0.25) is 0 Å². The summed E-state index contributed by atoms with van der Waals surface area (Å²) in [6.07, 6.45) is 0. The average molecular weight is 333 g/mol. The van der Waals surface area contributed by atoms with Crippen LogP contribution in [0.3, 0.4) is 0 Å². The molecule has 0 saturated heterocycles. The van der Waals surface area contributed by atoms with E-state index in [0.29, 0.717) is 0 Å². The zero-order valence-corrected chi connectivity index (χ0v) is 13.8. The number of nitrogens with zero attached hydrogens (tertiary/aromatic N) is 1. The molecule has 3 heteroatoms. The van der Waals surface area contributed by atoms with E-state index in [0.717, 1.165) is 16.6 Å². The maximum Gasteiger partial charge on any atom is 0.0555 e. The molecule has 2 aromatic rings. The fraction of sp³-hybridized carbons (Fsp3) is 0.294. The van der Waals surface area contributed by atoms with Crippen molar-refractivity contribution in [1.29, 1.82) is 0 Å². The first-order valence-electron chi connectivity index (χ1n) is 6.92. The van der Waals surface area contributed by atoms with Gasteiger partial charge in [0.05, 0.1) is 5.69 Å². The van der Waals surface area contributed by atoms with E-state index in [1.54, 1.807) is 0 Å². The van der Waals surface area contributed by atoms with Crippen molar-refractivity contribution in [2.24, 2.45) is 5.73 Å². The Balaban J connectivity index is 2.39. The molecule has 0 heterocycles. The van der Waals surface area contributed by atoms with Crippen molar-refractivity contribution in [1.82, 2.24) is 0 Å². The molecule has 0 aliphatic rings. The Morgan fingerprint density at radius 2 is 1.80 bits per heavy atom. The second kappa shape index (κ2) is 6.42. The second-order valence-corrected chi connectivity index (χ2v) is 5.93. The zero-order chi connectivity index (χ0) is 14.7. The van der Waals surface area contributed by atoms with E-state index in [-0.39, 0.29) is 6.04 Å². The summed E-state index contributed by atoms with van der Waals surface area (Å²) in [4.78, 5) is 2.29. The van der Waals surface area contributed by atoms with Crippen LogP contribution in [0.1, 0.15) is 31.0 Å². The van der Waals surface area contributed by atoms with Crippen molar-refractivity contribution in [2.75, 3.05) is 11.4 Å². The zero-order valence-electron chi connectivity index (χ0n) is 12.2. The molecule has 106 valence electrons. The minimum atomic E-state index is 0.0507. The minimum absolute atomic E-state index is 0.0507. The summed E-state index contributed by atoms with van der Waals surface area (Å²) in [6, 6.07) is 15.0. The van der Waals surface area contributed by atoms with Gasteiger partial charge in [0.15, 0.2) is 0 Å². The molecule has 0 fully saturated rings. The summed E-state index contributed by atoms with van der Waals surface area (Å²) in [7, 11) is 0. The minimum Gasteiger partial charge on any atom is -0.341 e. The first-order valence-corrected chi connectivity index (χ1v) is 7.71. The van der Waals surface area contributed by atoms with Crippen LogP contribution in [-0.2, 0) is 0 Å². The Morgan fingerprint density at radius 1 is 1.15 bits per heavy atom. The second-order valence-electron chi connectivity index (χ2n) is 5.08. The van der Waals surface area contributed by atoms with Crippen LogP contribution in [-0.4, -0.2) is 6.54 Å². The molecule has 20 heavy (non-hydrogen) atoms. The monoisotopic (exact) mass is 332 g/mol. The standard InChI is InChI=1S/C17H21BrN2/c1-4-20(15-8-5-12(2)6-9-15)17-10-7-14(13(3)19)11-16(17)18/h5-11,13H,4,19H2,1-3H3. The highest BCUT2D eigenvalue weighted by molar-refractivity contribution is 9.10. The van der Waals surface area contributed by atoms with Crippen LogP contribution >= 0.6 is 15.9 Å². The molecule has 0 bridgehead atoms.